The molecule has 0 bridgehead atoms. The first-order valence-electron chi connectivity index (χ1n) is 4.03. The van der Waals surface area contributed by atoms with Crippen LogP contribution >= 0.6 is 0 Å². The maximum Gasteiger partial charge on any atom is 0.132 e. The van der Waals surface area contributed by atoms with Crippen molar-refractivity contribution in [2.45, 2.75) is 5.92 Å². The number of hydrogen-bond acceptors (Lipinski definition) is 1. The molecular weight excluding hydrogens is 179 g/mol. The van der Waals surface area contributed by atoms with Crippen LogP contribution in [0.5, 0.6) is 0 Å². The van der Waals surface area contributed by atoms with E-state index in [1.54, 1.807) is 0 Å². The molecule has 0 radical (unpaired) electrons. The van der Waals surface area contributed by atoms with Crippen molar-refractivity contribution in [3.63, 3.8) is 0 Å². The molecule has 1 nitrogen and oxygen atoms in total. The van der Waals surface area contributed by atoms with Crippen LogP contribution < -0.4 is 5.32 Å². The number of halogens is 3. The van der Waals surface area contributed by atoms with E-state index in [1.165, 1.54) is 0 Å². The minimum atomic E-state index is -0.869. The van der Waals surface area contributed by atoms with E-state index in [0.29, 0.717) is 13.1 Å². The predicted molar refractivity (Wildman–Crippen MR) is 41.9 cm³/mol. The second-order valence-electron chi connectivity index (χ2n) is 3.14. The Morgan fingerprint density at radius 3 is 2.00 bits per heavy atom. The lowest BCUT2D eigenvalue weighted by Crippen LogP contribution is -2.40. The molecule has 1 N–H and O–H groups in total. The van der Waals surface area contributed by atoms with Crippen LogP contribution in [-0.4, -0.2) is 13.1 Å². The first-order valence-corrected chi connectivity index (χ1v) is 4.03. The average Bonchev–Trinajstić information content (AvgIpc) is 1.92. The summed E-state index contributed by atoms with van der Waals surface area (Å²) in [7, 11) is 0. The number of benzene rings is 1. The molecule has 0 aromatic heterocycles. The standard InChI is InChI=1S/C9H8F3N/c10-6-1-7(11)9(8(12)2-6)5-3-13-4-5/h1-2,5,13H,3-4H2. The summed E-state index contributed by atoms with van der Waals surface area (Å²) in [6, 6.07) is 1.44. The smallest absolute Gasteiger partial charge is 0.132 e. The zero-order valence-electron chi connectivity index (χ0n) is 6.78. The van der Waals surface area contributed by atoms with Gasteiger partial charge < -0.3 is 5.32 Å². The quantitative estimate of drug-likeness (QED) is 0.706. The molecule has 1 heterocycles. The highest BCUT2D eigenvalue weighted by Crippen LogP contribution is 2.26. The van der Waals surface area contributed by atoms with E-state index in [-0.39, 0.29) is 11.5 Å². The second kappa shape index (κ2) is 3.03. The van der Waals surface area contributed by atoms with Gasteiger partial charge in [-0.1, -0.05) is 0 Å². The Morgan fingerprint density at radius 1 is 1.08 bits per heavy atom. The van der Waals surface area contributed by atoms with Crippen LogP contribution in [0.1, 0.15) is 11.5 Å². The minimum Gasteiger partial charge on any atom is -0.315 e. The van der Waals surface area contributed by atoms with Crippen LogP contribution in [0, 0.1) is 17.5 Å². The van der Waals surface area contributed by atoms with E-state index < -0.39 is 17.5 Å². The number of nitrogens with one attached hydrogen (secondary N) is 1. The third-order valence-electron chi connectivity index (χ3n) is 2.23. The molecule has 1 aliphatic heterocycles. The molecule has 1 aliphatic rings. The molecular formula is C9H8F3N. The summed E-state index contributed by atoms with van der Waals surface area (Å²) < 4.78 is 38.6. The van der Waals surface area contributed by atoms with Gasteiger partial charge in [-0.2, -0.15) is 0 Å². The normalized spacial score (nSPS) is 17.2. The lowest BCUT2D eigenvalue weighted by Gasteiger charge is -2.28. The first kappa shape index (κ1) is 8.56. The summed E-state index contributed by atoms with van der Waals surface area (Å²) in [5.41, 5.74) is 0.000139. The van der Waals surface area contributed by atoms with Crippen molar-refractivity contribution in [1.82, 2.24) is 5.32 Å². The van der Waals surface area contributed by atoms with Crippen LogP contribution in [0.25, 0.3) is 0 Å². The van der Waals surface area contributed by atoms with Crippen LogP contribution in [0.2, 0.25) is 0 Å². The predicted octanol–water partition coefficient (Wildman–Crippen LogP) is 1.79. The van der Waals surface area contributed by atoms with Crippen molar-refractivity contribution < 1.29 is 13.2 Å². The van der Waals surface area contributed by atoms with E-state index in [0.717, 1.165) is 12.1 Å². The molecule has 0 unspecified atom stereocenters. The number of rotatable bonds is 1. The Balaban J connectivity index is 2.43. The van der Waals surface area contributed by atoms with E-state index in [9.17, 15) is 13.2 Å². The highest BCUT2D eigenvalue weighted by molar-refractivity contribution is 5.27. The van der Waals surface area contributed by atoms with Gasteiger partial charge in [0, 0.05) is 36.7 Å². The third-order valence-corrected chi connectivity index (χ3v) is 2.23. The Morgan fingerprint density at radius 2 is 1.62 bits per heavy atom. The molecule has 4 heteroatoms. The zero-order valence-corrected chi connectivity index (χ0v) is 6.78. The van der Waals surface area contributed by atoms with E-state index >= 15 is 0 Å². The maximum atomic E-state index is 13.1. The maximum absolute atomic E-state index is 13.1. The fourth-order valence-corrected chi connectivity index (χ4v) is 1.44. The summed E-state index contributed by atoms with van der Waals surface area (Å²) in [4.78, 5) is 0. The minimum absolute atomic E-state index is 0.000139. The Hall–Kier alpha value is -1.03. The second-order valence-corrected chi connectivity index (χ2v) is 3.14. The molecule has 1 aromatic rings. The van der Waals surface area contributed by atoms with Gasteiger partial charge in [0.1, 0.15) is 17.5 Å². The lowest BCUT2D eigenvalue weighted by molar-refractivity contribution is 0.407. The van der Waals surface area contributed by atoms with Gasteiger partial charge in [0.2, 0.25) is 0 Å². The summed E-state index contributed by atoms with van der Waals surface area (Å²) >= 11 is 0. The molecule has 0 saturated carbocycles. The zero-order chi connectivity index (χ0) is 9.42. The Bertz CT molecular complexity index is 311. The van der Waals surface area contributed by atoms with Crippen molar-refractivity contribution >= 4 is 0 Å². The van der Waals surface area contributed by atoms with Crippen molar-refractivity contribution in [3.8, 4) is 0 Å². The number of hydrogen-bond donors (Lipinski definition) is 1. The largest absolute Gasteiger partial charge is 0.315 e. The first-order chi connectivity index (χ1) is 6.18. The van der Waals surface area contributed by atoms with Crippen LogP contribution in [-0.2, 0) is 0 Å². The van der Waals surface area contributed by atoms with Gasteiger partial charge in [-0.25, -0.2) is 13.2 Å². The lowest BCUT2D eigenvalue weighted by atomic mass is 9.93. The fraction of sp³-hybridized carbons (Fsp3) is 0.333. The highest BCUT2D eigenvalue weighted by atomic mass is 19.1. The van der Waals surface area contributed by atoms with Crippen LogP contribution in [0.4, 0.5) is 13.2 Å². The van der Waals surface area contributed by atoms with E-state index in [2.05, 4.69) is 5.32 Å². The van der Waals surface area contributed by atoms with Gasteiger partial charge in [-0.15, -0.1) is 0 Å². The van der Waals surface area contributed by atoms with Gasteiger partial charge in [-0.3, -0.25) is 0 Å². The van der Waals surface area contributed by atoms with Crippen molar-refractivity contribution in [1.29, 1.82) is 0 Å². The van der Waals surface area contributed by atoms with Gasteiger partial charge >= 0.3 is 0 Å². The monoisotopic (exact) mass is 187 g/mol. The summed E-state index contributed by atoms with van der Waals surface area (Å²) in [6.07, 6.45) is 0. The van der Waals surface area contributed by atoms with Gasteiger partial charge in [-0.05, 0) is 0 Å². The topological polar surface area (TPSA) is 12.0 Å². The van der Waals surface area contributed by atoms with Gasteiger partial charge in [0.05, 0.1) is 0 Å². The molecule has 0 amide bonds. The molecule has 13 heavy (non-hydrogen) atoms. The van der Waals surface area contributed by atoms with Crippen molar-refractivity contribution in [3.05, 3.63) is 35.1 Å². The third kappa shape index (κ3) is 1.42. The molecule has 0 atom stereocenters. The fourth-order valence-electron chi connectivity index (χ4n) is 1.44. The Labute approximate surface area is 73.6 Å². The van der Waals surface area contributed by atoms with Crippen LogP contribution in [0.3, 0.4) is 0 Å². The SMILES string of the molecule is Fc1cc(F)c(C2CNC2)c(F)c1. The average molecular weight is 187 g/mol. The van der Waals surface area contributed by atoms with Crippen molar-refractivity contribution in [2.75, 3.05) is 13.1 Å². The summed E-state index contributed by atoms with van der Waals surface area (Å²) in [6.45, 7) is 1.11. The molecule has 2 rings (SSSR count). The van der Waals surface area contributed by atoms with E-state index in [1.807, 2.05) is 0 Å². The molecule has 70 valence electrons. The van der Waals surface area contributed by atoms with Gasteiger partial charge in [0.15, 0.2) is 0 Å². The van der Waals surface area contributed by atoms with E-state index in [4.69, 9.17) is 0 Å². The Kier molecular flexibility index (Phi) is 2.00. The molecule has 0 aliphatic carbocycles. The highest BCUT2D eigenvalue weighted by Gasteiger charge is 2.25. The summed E-state index contributed by atoms with van der Waals surface area (Å²) in [5, 5.41) is 2.90. The molecule has 1 aromatic carbocycles. The summed E-state index contributed by atoms with van der Waals surface area (Å²) in [5.74, 6) is -2.60. The molecule has 1 fully saturated rings. The van der Waals surface area contributed by atoms with Crippen molar-refractivity contribution in [2.24, 2.45) is 0 Å². The molecule has 1 saturated heterocycles. The van der Waals surface area contributed by atoms with Crippen LogP contribution in [0.15, 0.2) is 12.1 Å². The van der Waals surface area contributed by atoms with Gasteiger partial charge in [0.25, 0.3) is 0 Å². The molecule has 0 spiro atoms.